The standard InChI is InChI=1S/C15H16O2.2C14H13O2P/c1-15(2,11-3-7-13(16)8-4-11)12-5-9-14(17)10-6-12;2*1-2-17(15)14-10-6-4-8-12(14)11-7-3-5-9-13(11)16-17/h3-10,16-17H,1-2H3;2*3-10H,2H2,1H3. The third-order valence-corrected chi connectivity index (χ3v) is 14.3. The minimum Gasteiger partial charge on any atom is -0.508 e. The molecule has 0 fully saturated rings. The van der Waals surface area contributed by atoms with Crippen molar-refractivity contribution >= 4 is 25.3 Å². The number of fused-ring (bicyclic) bond motifs is 6. The van der Waals surface area contributed by atoms with Crippen LogP contribution in [0.1, 0.15) is 38.8 Å². The van der Waals surface area contributed by atoms with Crippen molar-refractivity contribution in [2.24, 2.45) is 0 Å². The number of phenolic OH excluding ortho intramolecular Hbond substituents is 2. The Labute approximate surface area is 300 Å². The van der Waals surface area contributed by atoms with E-state index in [2.05, 4.69) is 13.8 Å². The lowest BCUT2D eigenvalue weighted by Crippen LogP contribution is -2.18. The van der Waals surface area contributed by atoms with Gasteiger partial charge in [0.25, 0.3) is 14.7 Å². The topological polar surface area (TPSA) is 93.1 Å². The van der Waals surface area contributed by atoms with Crippen LogP contribution < -0.4 is 19.7 Å². The molecule has 2 atom stereocenters. The highest BCUT2D eigenvalue weighted by Crippen LogP contribution is 2.55. The fraction of sp³-hybridized carbons (Fsp3) is 0.163. The fourth-order valence-electron chi connectivity index (χ4n) is 6.34. The van der Waals surface area contributed by atoms with E-state index in [-0.39, 0.29) is 16.9 Å². The summed E-state index contributed by atoms with van der Waals surface area (Å²) >= 11 is 0. The highest BCUT2D eigenvalue weighted by atomic mass is 31.2. The van der Waals surface area contributed by atoms with E-state index in [4.69, 9.17) is 9.05 Å². The number of hydrogen-bond donors (Lipinski definition) is 2. The van der Waals surface area contributed by atoms with Crippen LogP contribution in [-0.4, -0.2) is 22.5 Å². The molecule has 2 heterocycles. The summed E-state index contributed by atoms with van der Waals surface area (Å²) in [5.74, 6) is 2.01. The van der Waals surface area contributed by atoms with E-state index in [1.807, 2.05) is 135 Å². The van der Waals surface area contributed by atoms with E-state index in [9.17, 15) is 19.3 Å². The largest absolute Gasteiger partial charge is 0.508 e. The first kappa shape index (κ1) is 35.8. The normalized spacial score (nSPS) is 18.0. The summed E-state index contributed by atoms with van der Waals surface area (Å²) in [6.45, 7) is 8.05. The van der Waals surface area contributed by atoms with Crippen molar-refractivity contribution in [3.8, 4) is 45.3 Å². The van der Waals surface area contributed by atoms with E-state index in [0.29, 0.717) is 12.3 Å². The van der Waals surface area contributed by atoms with Gasteiger partial charge in [-0.05, 0) is 70.8 Å². The van der Waals surface area contributed by atoms with E-state index < -0.39 is 14.7 Å². The zero-order valence-corrected chi connectivity index (χ0v) is 31.0. The maximum absolute atomic E-state index is 12.8. The Morgan fingerprint density at radius 1 is 0.471 bits per heavy atom. The minimum absolute atomic E-state index is 0.151. The van der Waals surface area contributed by atoms with Crippen molar-refractivity contribution in [2.45, 2.75) is 33.1 Å². The third-order valence-electron chi connectivity index (χ3n) is 9.40. The van der Waals surface area contributed by atoms with Crippen molar-refractivity contribution < 1.29 is 28.4 Å². The quantitative estimate of drug-likeness (QED) is 0.176. The molecule has 0 saturated heterocycles. The van der Waals surface area contributed by atoms with Crippen LogP contribution in [0.4, 0.5) is 0 Å². The molecule has 2 N–H and O–H groups in total. The monoisotopic (exact) mass is 716 g/mol. The van der Waals surface area contributed by atoms with Gasteiger partial charge in [0.1, 0.15) is 23.0 Å². The summed E-state index contributed by atoms with van der Waals surface area (Å²) in [5, 5.41) is 20.3. The maximum atomic E-state index is 12.8. The van der Waals surface area contributed by atoms with Crippen LogP contribution in [-0.2, 0) is 14.5 Å². The number of para-hydroxylation sites is 2. The second kappa shape index (κ2) is 14.7. The second-order valence-electron chi connectivity index (χ2n) is 12.9. The molecule has 0 amide bonds. The van der Waals surface area contributed by atoms with Gasteiger partial charge < -0.3 is 19.3 Å². The molecular weight excluding hydrogens is 674 g/mol. The number of phenols is 2. The molecule has 8 heteroatoms. The Bertz CT molecular complexity index is 2080. The molecule has 0 saturated carbocycles. The summed E-state index contributed by atoms with van der Waals surface area (Å²) in [6.07, 6.45) is 1.05. The Morgan fingerprint density at radius 2 is 0.784 bits per heavy atom. The predicted molar refractivity (Wildman–Crippen MR) is 209 cm³/mol. The molecule has 8 rings (SSSR count). The Hall–Kier alpha value is -5.02. The van der Waals surface area contributed by atoms with Gasteiger partial charge >= 0.3 is 0 Å². The molecule has 2 aliphatic rings. The number of rotatable bonds is 4. The Kier molecular flexibility index (Phi) is 10.3. The molecule has 0 spiro atoms. The second-order valence-corrected chi connectivity index (χ2v) is 18.2. The lowest BCUT2D eigenvalue weighted by Gasteiger charge is -2.27. The first-order chi connectivity index (χ1) is 24.5. The van der Waals surface area contributed by atoms with Crippen molar-refractivity contribution in [2.75, 3.05) is 12.3 Å². The summed E-state index contributed by atoms with van der Waals surface area (Å²) in [4.78, 5) is 0. The average molecular weight is 717 g/mol. The first-order valence-corrected chi connectivity index (χ1v) is 20.7. The maximum Gasteiger partial charge on any atom is 0.277 e. The zero-order chi connectivity index (χ0) is 36.2. The molecule has 2 aliphatic heterocycles. The molecule has 51 heavy (non-hydrogen) atoms. The van der Waals surface area contributed by atoms with Gasteiger partial charge in [0, 0.05) is 28.9 Å². The van der Waals surface area contributed by atoms with Crippen LogP contribution in [0.5, 0.6) is 23.0 Å². The Balaban J connectivity index is 0.000000132. The van der Waals surface area contributed by atoms with Crippen molar-refractivity contribution in [1.82, 2.24) is 0 Å². The Morgan fingerprint density at radius 3 is 1.14 bits per heavy atom. The minimum atomic E-state index is -2.72. The summed E-state index contributed by atoms with van der Waals surface area (Å²) in [5.41, 5.74) is 6.24. The number of benzene rings is 6. The molecule has 6 aromatic carbocycles. The van der Waals surface area contributed by atoms with Crippen molar-refractivity contribution in [3.05, 3.63) is 157 Å². The first-order valence-electron chi connectivity index (χ1n) is 17.0. The molecule has 0 aromatic heterocycles. The van der Waals surface area contributed by atoms with E-state index in [1.165, 1.54) is 0 Å². The van der Waals surface area contributed by atoms with Crippen molar-refractivity contribution in [3.63, 3.8) is 0 Å². The van der Waals surface area contributed by atoms with Crippen LogP contribution in [0.2, 0.25) is 0 Å². The van der Waals surface area contributed by atoms with Crippen LogP contribution >= 0.6 is 14.7 Å². The highest BCUT2D eigenvalue weighted by Gasteiger charge is 2.35. The smallest absolute Gasteiger partial charge is 0.277 e. The van der Waals surface area contributed by atoms with Gasteiger partial charge in [0.05, 0.1) is 10.6 Å². The number of hydrogen-bond acceptors (Lipinski definition) is 6. The average Bonchev–Trinajstić information content (AvgIpc) is 3.16. The van der Waals surface area contributed by atoms with Crippen LogP contribution in [0.3, 0.4) is 0 Å². The summed E-state index contributed by atoms with van der Waals surface area (Å²) in [7, 11) is -5.43. The van der Waals surface area contributed by atoms with Crippen LogP contribution in [0.25, 0.3) is 22.3 Å². The van der Waals surface area contributed by atoms with Gasteiger partial charge in [-0.25, -0.2) is 0 Å². The van der Waals surface area contributed by atoms with Gasteiger partial charge in [-0.15, -0.1) is 0 Å². The highest BCUT2D eigenvalue weighted by molar-refractivity contribution is 7.68. The number of aromatic hydroxyl groups is 2. The van der Waals surface area contributed by atoms with Gasteiger partial charge in [0.15, 0.2) is 0 Å². The molecule has 0 aliphatic carbocycles. The van der Waals surface area contributed by atoms with Gasteiger partial charge in [-0.3, -0.25) is 9.13 Å². The SMILES string of the molecule is CC(C)(c1ccc(O)cc1)c1ccc(O)cc1.CCP1(=O)Oc2ccccc2-c2ccccc21.CCP1(=O)Oc2ccccc2-c2ccccc21. The molecule has 0 bridgehead atoms. The van der Waals surface area contributed by atoms with Gasteiger partial charge in [-0.1, -0.05) is 125 Å². The lowest BCUT2D eigenvalue weighted by molar-refractivity contribution is 0.474. The van der Waals surface area contributed by atoms with Crippen molar-refractivity contribution in [1.29, 1.82) is 0 Å². The van der Waals surface area contributed by atoms with Gasteiger partial charge in [0.2, 0.25) is 0 Å². The lowest BCUT2D eigenvalue weighted by atomic mass is 9.78. The molecule has 6 nitrogen and oxygen atoms in total. The van der Waals surface area contributed by atoms with E-state index >= 15 is 0 Å². The molecule has 2 unspecified atom stereocenters. The van der Waals surface area contributed by atoms with E-state index in [0.717, 1.165) is 55.5 Å². The molecule has 0 radical (unpaired) electrons. The van der Waals surface area contributed by atoms with Crippen LogP contribution in [0.15, 0.2) is 146 Å². The summed E-state index contributed by atoms with van der Waals surface area (Å²) in [6, 6.07) is 45.6. The fourth-order valence-corrected chi connectivity index (χ4v) is 10.2. The molecule has 260 valence electrons. The predicted octanol–water partition coefficient (Wildman–Crippen LogP) is 10.8. The zero-order valence-electron chi connectivity index (χ0n) is 29.2. The molecular formula is C43H42O6P2. The van der Waals surface area contributed by atoms with E-state index in [1.54, 1.807) is 24.3 Å². The summed E-state index contributed by atoms with van der Waals surface area (Å²) < 4.78 is 37.0. The molecule has 6 aromatic rings. The van der Waals surface area contributed by atoms with Crippen LogP contribution in [0, 0.1) is 0 Å². The third kappa shape index (κ3) is 7.26. The van der Waals surface area contributed by atoms with Gasteiger partial charge in [-0.2, -0.15) is 0 Å².